The molecule has 1 aliphatic rings. The van der Waals surface area contributed by atoms with E-state index in [2.05, 4.69) is 36.2 Å². The van der Waals surface area contributed by atoms with Crippen LogP contribution < -0.4 is 5.32 Å². The number of aryl methyl sites for hydroxylation is 2. The van der Waals surface area contributed by atoms with Crippen LogP contribution >= 0.6 is 0 Å². The highest BCUT2D eigenvalue weighted by Gasteiger charge is 2.19. The van der Waals surface area contributed by atoms with Crippen molar-refractivity contribution in [1.29, 1.82) is 0 Å². The van der Waals surface area contributed by atoms with E-state index in [0.717, 1.165) is 27.9 Å². The van der Waals surface area contributed by atoms with Gasteiger partial charge in [-0.2, -0.15) is 0 Å². The predicted octanol–water partition coefficient (Wildman–Crippen LogP) is 3.70. The maximum atomic E-state index is 12.0. The van der Waals surface area contributed by atoms with Gasteiger partial charge in [-0.25, -0.2) is 0 Å². The second-order valence-electron chi connectivity index (χ2n) is 5.45. The van der Waals surface area contributed by atoms with Gasteiger partial charge in [0, 0.05) is 29.7 Å². The fraction of sp³-hybridized carbons (Fsp3) is 0.211. The Morgan fingerprint density at radius 2 is 1.76 bits per heavy atom. The molecular formula is C19H17NO. The van der Waals surface area contributed by atoms with Gasteiger partial charge in [-0.1, -0.05) is 29.5 Å². The Labute approximate surface area is 125 Å². The Balaban J connectivity index is 2.03. The lowest BCUT2D eigenvalue weighted by atomic mass is 9.96. The molecule has 0 bridgehead atoms. The molecule has 0 aromatic heterocycles. The summed E-state index contributed by atoms with van der Waals surface area (Å²) in [6, 6.07) is 12.1. The summed E-state index contributed by atoms with van der Waals surface area (Å²) in [4.78, 5) is 12.0. The van der Waals surface area contributed by atoms with Gasteiger partial charge < -0.3 is 5.32 Å². The van der Waals surface area contributed by atoms with Crippen LogP contribution in [0.5, 0.6) is 0 Å². The lowest BCUT2D eigenvalue weighted by Crippen LogP contribution is -2.19. The third-order valence-corrected chi connectivity index (χ3v) is 3.63. The van der Waals surface area contributed by atoms with Crippen LogP contribution in [-0.2, 0) is 0 Å². The minimum Gasteiger partial charge on any atom is -0.383 e. The van der Waals surface area contributed by atoms with Gasteiger partial charge in [0.2, 0.25) is 0 Å². The zero-order valence-corrected chi connectivity index (χ0v) is 12.3. The van der Waals surface area contributed by atoms with Crippen molar-refractivity contribution in [1.82, 2.24) is 0 Å². The molecule has 1 N–H and O–H groups in total. The number of anilines is 1. The van der Waals surface area contributed by atoms with Crippen LogP contribution in [0.1, 0.15) is 39.0 Å². The van der Waals surface area contributed by atoms with Crippen molar-refractivity contribution in [3.63, 3.8) is 0 Å². The summed E-state index contributed by atoms with van der Waals surface area (Å²) < 4.78 is 0. The molecule has 2 aromatic rings. The Hall–Kier alpha value is -2.53. The average Bonchev–Trinajstić information content (AvgIpc) is 2.47. The van der Waals surface area contributed by atoms with Crippen LogP contribution in [0.25, 0.3) is 0 Å². The summed E-state index contributed by atoms with van der Waals surface area (Å²) >= 11 is 0. The highest BCUT2D eigenvalue weighted by molar-refractivity contribution is 6.04. The van der Waals surface area contributed by atoms with Crippen LogP contribution in [0.15, 0.2) is 36.4 Å². The summed E-state index contributed by atoms with van der Waals surface area (Å²) in [6.07, 6.45) is 0.557. The van der Waals surface area contributed by atoms with Crippen molar-refractivity contribution in [3.8, 4) is 11.8 Å². The number of nitrogens with one attached hydrogen (secondary N) is 1. The Morgan fingerprint density at radius 3 is 2.52 bits per heavy atom. The molecule has 21 heavy (non-hydrogen) atoms. The number of fused-ring (bicyclic) bond motifs is 1. The van der Waals surface area contributed by atoms with Crippen LogP contribution in [-0.4, -0.2) is 12.3 Å². The fourth-order valence-electron chi connectivity index (χ4n) is 2.51. The number of ketones is 1. The number of Topliss-reactive ketones (excluding diaryl/α,β-unsaturated/α-hetero) is 1. The molecule has 0 aliphatic carbocycles. The van der Waals surface area contributed by atoms with Crippen LogP contribution in [0.3, 0.4) is 0 Å². The average molecular weight is 275 g/mol. The Morgan fingerprint density at radius 1 is 1.00 bits per heavy atom. The lowest BCUT2D eigenvalue weighted by molar-refractivity contribution is 0.0983. The first-order valence-electron chi connectivity index (χ1n) is 7.14. The summed E-state index contributed by atoms with van der Waals surface area (Å²) in [5.41, 5.74) is 5.84. The first-order valence-corrected chi connectivity index (χ1v) is 7.14. The van der Waals surface area contributed by atoms with Gasteiger partial charge in [-0.15, -0.1) is 0 Å². The highest BCUT2D eigenvalue weighted by atomic mass is 16.1. The van der Waals surface area contributed by atoms with Crippen molar-refractivity contribution in [2.75, 3.05) is 11.9 Å². The van der Waals surface area contributed by atoms with E-state index in [4.69, 9.17) is 0 Å². The SMILES string of the molecule is Cc1ccc(C#Cc2cc(C)cc3c2NCCC3=O)cc1. The first kappa shape index (κ1) is 13.5. The molecule has 0 spiro atoms. The monoisotopic (exact) mass is 275 g/mol. The van der Waals surface area contributed by atoms with Gasteiger partial charge in [-0.3, -0.25) is 4.79 Å². The van der Waals surface area contributed by atoms with Gasteiger partial charge in [-0.05, 0) is 43.7 Å². The largest absolute Gasteiger partial charge is 0.383 e. The van der Waals surface area contributed by atoms with Gasteiger partial charge in [0.1, 0.15) is 0 Å². The zero-order valence-electron chi connectivity index (χ0n) is 12.3. The lowest BCUT2D eigenvalue weighted by Gasteiger charge is -2.19. The van der Waals surface area contributed by atoms with Crippen molar-refractivity contribution < 1.29 is 4.79 Å². The molecule has 0 atom stereocenters. The molecule has 0 unspecified atom stereocenters. The molecule has 0 fully saturated rings. The van der Waals surface area contributed by atoms with E-state index in [1.54, 1.807) is 0 Å². The minimum absolute atomic E-state index is 0.200. The smallest absolute Gasteiger partial charge is 0.166 e. The fourth-order valence-corrected chi connectivity index (χ4v) is 2.51. The van der Waals surface area contributed by atoms with E-state index in [0.29, 0.717) is 13.0 Å². The first-order chi connectivity index (χ1) is 10.1. The Bertz CT molecular complexity index is 761. The summed E-state index contributed by atoms with van der Waals surface area (Å²) in [6.45, 7) is 4.75. The highest BCUT2D eigenvalue weighted by Crippen LogP contribution is 2.27. The molecule has 0 saturated carbocycles. The predicted molar refractivity (Wildman–Crippen MR) is 85.8 cm³/mol. The molecule has 1 aliphatic heterocycles. The normalized spacial score (nSPS) is 13.0. The minimum atomic E-state index is 0.200. The molecule has 0 saturated heterocycles. The number of carbonyl (C=O) groups is 1. The molecule has 2 aromatic carbocycles. The molecule has 0 amide bonds. The molecule has 2 heteroatoms. The number of hydrogen-bond donors (Lipinski definition) is 1. The maximum Gasteiger partial charge on any atom is 0.166 e. The van der Waals surface area contributed by atoms with Gasteiger partial charge in [0.25, 0.3) is 0 Å². The van der Waals surface area contributed by atoms with E-state index in [1.807, 2.05) is 31.2 Å². The van der Waals surface area contributed by atoms with Crippen molar-refractivity contribution in [2.45, 2.75) is 20.3 Å². The second kappa shape index (κ2) is 5.46. The molecular weight excluding hydrogens is 258 g/mol. The second-order valence-corrected chi connectivity index (χ2v) is 5.45. The summed E-state index contributed by atoms with van der Waals surface area (Å²) in [7, 11) is 0. The number of carbonyl (C=O) groups excluding carboxylic acids is 1. The summed E-state index contributed by atoms with van der Waals surface area (Å²) in [5, 5.41) is 3.31. The maximum absolute atomic E-state index is 12.0. The topological polar surface area (TPSA) is 29.1 Å². The van der Waals surface area contributed by atoms with Crippen molar-refractivity contribution in [2.24, 2.45) is 0 Å². The molecule has 3 rings (SSSR count). The molecule has 2 nitrogen and oxygen atoms in total. The van der Waals surface area contributed by atoms with E-state index in [9.17, 15) is 4.79 Å². The molecule has 104 valence electrons. The van der Waals surface area contributed by atoms with Gasteiger partial charge >= 0.3 is 0 Å². The van der Waals surface area contributed by atoms with E-state index in [1.165, 1.54) is 5.56 Å². The van der Waals surface area contributed by atoms with Crippen LogP contribution in [0.4, 0.5) is 5.69 Å². The van der Waals surface area contributed by atoms with Crippen LogP contribution in [0.2, 0.25) is 0 Å². The van der Waals surface area contributed by atoms with Gasteiger partial charge in [0.05, 0.1) is 5.69 Å². The summed E-state index contributed by atoms with van der Waals surface area (Å²) in [5.74, 6) is 6.58. The third kappa shape index (κ3) is 2.83. The number of hydrogen-bond acceptors (Lipinski definition) is 2. The van der Waals surface area contributed by atoms with E-state index in [-0.39, 0.29) is 5.78 Å². The zero-order chi connectivity index (χ0) is 14.8. The van der Waals surface area contributed by atoms with Crippen molar-refractivity contribution in [3.05, 3.63) is 64.2 Å². The third-order valence-electron chi connectivity index (χ3n) is 3.63. The van der Waals surface area contributed by atoms with Crippen LogP contribution in [0, 0.1) is 25.7 Å². The quantitative estimate of drug-likeness (QED) is 0.743. The van der Waals surface area contributed by atoms with E-state index < -0.39 is 0 Å². The standard InChI is InChI=1S/C19H17NO/c1-13-3-5-15(6-4-13)7-8-16-11-14(2)12-17-18(21)9-10-20-19(16)17/h3-6,11-12,20H,9-10H2,1-2H3. The van der Waals surface area contributed by atoms with E-state index >= 15 is 0 Å². The number of rotatable bonds is 0. The Kier molecular flexibility index (Phi) is 3.50. The molecule has 0 radical (unpaired) electrons. The molecule has 1 heterocycles. The van der Waals surface area contributed by atoms with Gasteiger partial charge in [0.15, 0.2) is 5.78 Å². The van der Waals surface area contributed by atoms with Crippen molar-refractivity contribution >= 4 is 11.5 Å². The number of benzene rings is 2.